The van der Waals surface area contributed by atoms with Crippen LogP contribution < -0.4 is 11.2 Å². The van der Waals surface area contributed by atoms with E-state index in [1.165, 1.54) is 10.9 Å². The Balaban J connectivity index is 2.31. The summed E-state index contributed by atoms with van der Waals surface area (Å²) in [6.07, 6.45) is 1.96. The van der Waals surface area contributed by atoms with Crippen molar-refractivity contribution >= 4 is 18.8 Å². The molecule has 0 spiro atoms. The summed E-state index contributed by atoms with van der Waals surface area (Å²) < 4.78 is 32.2. The van der Waals surface area contributed by atoms with Gasteiger partial charge in [0.05, 0.1) is 32.3 Å². The lowest BCUT2D eigenvalue weighted by atomic mass is 10.4. The molecule has 11 heteroatoms. The van der Waals surface area contributed by atoms with Gasteiger partial charge >= 0.3 is 13.3 Å². The molecule has 0 aromatic carbocycles. The number of hydrogen-bond acceptors (Lipinski definition) is 7. The van der Waals surface area contributed by atoms with E-state index in [0.717, 1.165) is 4.57 Å². The van der Waals surface area contributed by atoms with E-state index in [2.05, 4.69) is 4.98 Å². The van der Waals surface area contributed by atoms with Gasteiger partial charge in [0.2, 0.25) is 0 Å². The molecule has 2 rings (SSSR count). The van der Waals surface area contributed by atoms with Crippen molar-refractivity contribution in [1.29, 1.82) is 0 Å². The number of aromatic nitrogens is 4. The van der Waals surface area contributed by atoms with Crippen molar-refractivity contribution < 1.29 is 18.3 Å². The molecule has 0 saturated heterocycles. The first-order chi connectivity index (χ1) is 12.9. The van der Waals surface area contributed by atoms with Crippen LogP contribution in [0.3, 0.4) is 0 Å². The molecule has 0 bridgehead atoms. The zero-order valence-electron chi connectivity index (χ0n) is 16.2. The molecular formula is C16H27N4O6P. The van der Waals surface area contributed by atoms with Gasteiger partial charge in [-0.1, -0.05) is 0 Å². The smallest absolute Gasteiger partial charge is 0.332 e. The SMILES string of the molecule is CCOP(=O)(CCCn1c(=O)c2c(ncn2CCOC)n(C)c1=O)OCC. The standard InChI is InChI=1S/C16H27N4O6P/c1-5-25-27(23,26-6-2)11-7-8-20-15(21)13-14(18(3)16(20)22)17-12-19(13)9-10-24-4/h12H,5-11H2,1-4H3. The van der Waals surface area contributed by atoms with Crippen molar-refractivity contribution in [2.45, 2.75) is 33.4 Å². The third-order valence-electron chi connectivity index (χ3n) is 4.10. The minimum absolute atomic E-state index is 0.112. The first-order valence-electron chi connectivity index (χ1n) is 8.90. The van der Waals surface area contributed by atoms with E-state index in [1.54, 1.807) is 32.6 Å². The molecule has 0 aliphatic heterocycles. The molecule has 0 fully saturated rings. The predicted molar refractivity (Wildman–Crippen MR) is 101 cm³/mol. The number of imidazole rings is 1. The van der Waals surface area contributed by atoms with Gasteiger partial charge in [-0.25, -0.2) is 9.78 Å². The highest BCUT2D eigenvalue weighted by molar-refractivity contribution is 7.53. The highest BCUT2D eigenvalue weighted by Gasteiger charge is 2.23. The number of hydrogen-bond donors (Lipinski definition) is 0. The van der Waals surface area contributed by atoms with Crippen LogP contribution in [-0.4, -0.2) is 51.8 Å². The second kappa shape index (κ2) is 9.45. The Morgan fingerprint density at radius 3 is 2.41 bits per heavy atom. The fraction of sp³-hybridized carbons (Fsp3) is 0.688. The average molecular weight is 402 g/mol. The molecule has 0 radical (unpaired) electrons. The minimum Gasteiger partial charge on any atom is -0.383 e. The molecule has 0 N–H and O–H groups in total. The summed E-state index contributed by atoms with van der Waals surface area (Å²) in [7, 11) is -0.0766. The van der Waals surface area contributed by atoms with Gasteiger partial charge in [-0.2, -0.15) is 0 Å². The van der Waals surface area contributed by atoms with Crippen molar-refractivity contribution in [2.24, 2.45) is 7.05 Å². The summed E-state index contributed by atoms with van der Waals surface area (Å²) in [6, 6.07) is 0. The molecule has 0 unspecified atom stereocenters. The van der Waals surface area contributed by atoms with Gasteiger partial charge in [-0.15, -0.1) is 0 Å². The lowest BCUT2D eigenvalue weighted by Crippen LogP contribution is -2.40. The van der Waals surface area contributed by atoms with E-state index in [4.69, 9.17) is 13.8 Å². The summed E-state index contributed by atoms with van der Waals surface area (Å²) in [5.41, 5.74) is -0.227. The van der Waals surface area contributed by atoms with E-state index >= 15 is 0 Å². The van der Waals surface area contributed by atoms with Crippen LogP contribution in [0, 0.1) is 0 Å². The largest absolute Gasteiger partial charge is 0.383 e. The van der Waals surface area contributed by atoms with Crippen LogP contribution in [0.25, 0.3) is 11.2 Å². The molecule has 0 aliphatic carbocycles. The second-order valence-electron chi connectivity index (χ2n) is 5.92. The number of ether oxygens (including phenoxy) is 1. The highest BCUT2D eigenvalue weighted by atomic mass is 31.2. The normalized spacial score (nSPS) is 12.1. The Bertz CT molecular complexity index is 921. The monoisotopic (exact) mass is 402 g/mol. The van der Waals surface area contributed by atoms with Gasteiger partial charge in [-0.05, 0) is 20.3 Å². The summed E-state index contributed by atoms with van der Waals surface area (Å²) in [6.45, 7) is 4.99. The van der Waals surface area contributed by atoms with Gasteiger partial charge in [0.25, 0.3) is 5.56 Å². The summed E-state index contributed by atoms with van der Waals surface area (Å²) in [5.74, 6) is 0. The average Bonchev–Trinajstić information content (AvgIpc) is 3.05. The molecule has 0 amide bonds. The molecule has 2 aromatic heterocycles. The van der Waals surface area contributed by atoms with Crippen LogP contribution in [0.1, 0.15) is 20.3 Å². The number of rotatable bonds is 11. The van der Waals surface area contributed by atoms with E-state index < -0.39 is 18.8 Å². The summed E-state index contributed by atoms with van der Waals surface area (Å²) >= 11 is 0. The van der Waals surface area contributed by atoms with E-state index in [-0.39, 0.29) is 25.9 Å². The van der Waals surface area contributed by atoms with Gasteiger partial charge in [0, 0.05) is 27.2 Å². The van der Waals surface area contributed by atoms with Crippen molar-refractivity contribution in [3.05, 3.63) is 27.2 Å². The zero-order valence-corrected chi connectivity index (χ0v) is 17.1. The van der Waals surface area contributed by atoms with E-state index in [1.807, 2.05) is 0 Å². The van der Waals surface area contributed by atoms with Gasteiger partial charge in [-0.3, -0.25) is 18.5 Å². The lowest BCUT2D eigenvalue weighted by Gasteiger charge is -2.17. The quantitative estimate of drug-likeness (QED) is 0.520. The fourth-order valence-electron chi connectivity index (χ4n) is 2.86. The second-order valence-corrected chi connectivity index (χ2v) is 8.11. The Kier molecular flexibility index (Phi) is 7.55. The van der Waals surface area contributed by atoms with Crippen molar-refractivity contribution in [3.63, 3.8) is 0 Å². The van der Waals surface area contributed by atoms with Gasteiger partial charge in [0.1, 0.15) is 0 Å². The Morgan fingerprint density at radius 2 is 1.81 bits per heavy atom. The van der Waals surface area contributed by atoms with Crippen LogP contribution in [0.4, 0.5) is 0 Å². The molecule has 152 valence electrons. The molecule has 2 heterocycles. The van der Waals surface area contributed by atoms with E-state index in [9.17, 15) is 14.2 Å². The predicted octanol–water partition coefficient (Wildman–Crippen LogP) is 1.20. The molecule has 2 aromatic rings. The number of nitrogens with zero attached hydrogens (tertiary/aromatic N) is 4. The van der Waals surface area contributed by atoms with Gasteiger partial charge in [0.15, 0.2) is 11.2 Å². The Labute approximate surface area is 157 Å². The topological polar surface area (TPSA) is 107 Å². The Hall–Kier alpha value is -1.74. The molecular weight excluding hydrogens is 375 g/mol. The summed E-state index contributed by atoms with van der Waals surface area (Å²) in [5, 5.41) is 0. The minimum atomic E-state index is -3.22. The van der Waals surface area contributed by atoms with Gasteiger partial charge < -0.3 is 18.4 Å². The number of methoxy groups -OCH3 is 1. The summed E-state index contributed by atoms with van der Waals surface area (Å²) in [4.78, 5) is 29.6. The van der Waals surface area contributed by atoms with Crippen LogP contribution in [0.15, 0.2) is 15.9 Å². The van der Waals surface area contributed by atoms with Crippen molar-refractivity contribution in [2.75, 3.05) is 33.1 Å². The van der Waals surface area contributed by atoms with Crippen molar-refractivity contribution in [3.8, 4) is 0 Å². The Morgan fingerprint density at radius 1 is 1.15 bits per heavy atom. The third kappa shape index (κ3) is 4.76. The fourth-order valence-corrected chi connectivity index (χ4v) is 4.51. The highest BCUT2D eigenvalue weighted by Crippen LogP contribution is 2.48. The van der Waals surface area contributed by atoms with Crippen LogP contribution in [0.5, 0.6) is 0 Å². The zero-order chi connectivity index (χ0) is 20.0. The van der Waals surface area contributed by atoms with Crippen LogP contribution in [-0.2, 0) is 38.5 Å². The lowest BCUT2D eigenvalue weighted by molar-refractivity contribution is 0.188. The maximum absolute atomic E-state index is 12.9. The maximum atomic E-state index is 12.9. The molecule has 0 saturated carbocycles. The van der Waals surface area contributed by atoms with Crippen LogP contribution >= 0.6 is 7.60 Å². The molecule has 0 aliphatic rings. The molecule has 0 atom stereocenters. The first-order valence-corrected chi connectivity index (χ1v) is 10.6. The van der Waals surface area contributed by atoms with Crippen LogP contribution in [0.2, 0.25) is 0 Å². The first kappa shape index (κ1) is 21.6. The molecule has 27 heavy (non-hydrogen) atoms. The van der Waals surface area contributed by atoms with E-state index in [0.29, 0.717) is 30.7 Å². The third-order valence-corrected chi connectivity index (χ3v) is 6.27. The molecule has 10 nitrogen and oxygen atoms in total. The number of aryl methyl sites for hydroxylation is 1. The van der Waals surface area contributed by atoms with Crippen molar-refractivity contribution in [1.82, 2.24) is 18.7 Å². The maximum Gasteiger partial charge on any atom is 0.332 e. The number of fused-ring (bicyclic) bond motifs is 1.